The van der Waals surface area contributed by atoms with E-state index in [1.165, 1.54) is 13.2 Å². The summed E-state index contributed by atoms with van der Waals surface area (Å²) in [5, 5.41) is 9.82. The Morgan fingerprint density at radius 2 is 1.88 bits per heavy atom. The van der Waals surface area contributed by atoms with Crippen LogP contribution in [0.5, 0.6) is 5.75 Å². The molecule has 0 aliphatic carbocycles. The third-order valence-corrected chi connectivity index (χ3v) is 5.57. The predicted octanol–water partition coefficient (Wildman–Crippen LogP) is 5.42. The first kappa shape index (κ1) is 21.7. The molecule has 1 aliphatic heterocycles. The number of carbonyl (C=O) groups is 1. The van der Waals surface area contributed by atoms with Crippen molar-refractivity contribution in [1.29, 1.82) is 0 Å². The van der Waals surface area contributed by atoms with Gasteiger partial charge in [-0.05, 0) is 43.2 Å². The SMILES string of the molecule is COc1ccc([C@H]2C[C@@H](C(F)(F)F)n3nc(C(=O)Nc4ccc(C)cc4C)cc3N2)cc1. The molecule has 1 aliphatic rings. The van der Waals surface area contributed by atoms with Crippen LogP contribution in [0.1, 0.15) is 45.7 Å². The Hall–Kier alpha value is -3.49. The Bertz CT molecular complexity index is 1140. The van der Waals surface area contributed by atoms with Gasteiger partial charge in [0.15, 0.2) is 11.7 Å². The van der Waals surface area contributed by atoms with E-state index >= 15 is 0 Å². The van der Waals surface area contributed by atoms with Crippen LogP contribution in [-0.2, 0) is 0 Å². The van der Waals surface area contributed by atoms with Crippen molar-refractivity contribution in [2.75, 3.05) is 17.7 Å². The number of amides is 1. The summed E-state index contributed by atoms with van der Waals surface area (Å²) in [4.78, 5) is 12.7. The van der Waals surface area contributed by atoms with Crippen molar-refractivity contribution in [2.24, 2.45) is 0 Å². The maximum Gasteiger partial charge on any atom is 0.410 e. The molecule has 2 aromatic carbocycles. The minimum atomic E-state index is -4.52. The van der Waals surface area contributed by atoms with Gasteiger partial charge in [0.05, 0.1) is 13.2 Å². The van der Waals surface area contributed by atoms with Crippen molar-refractivity contribution < 1.29 is 22.7 Å². The number of ether oxygens (including phenoxy) is 1. The summed E-state index contributed by atoms with van der Waals surface area (Å²) in [5.41, 5.74) is 3.09. The molecule has 168 valence electrons. The lowest BCUT2D eigenvalue weighted by Gasteiger charge is -2.33. The second-order valence-electron chi connectivity index (χ2n) is 7.90. The minimum Gasteiger partial charge on any atom is -0.497 e. The molecule has 2 heterocycles. The number of anilines is 2. The summed E-state index contributed by atoms with van der Waals surface area (Å²) >= 11 is 0. The van der Waals surface area contributed by atoms with Crippen molar-refractivity contribution in [2.45, 2.75) is 38.5 Å². The Morgan fingerprint density at radius 3 is 2.50 bits per heavy atom. The number of benzene rings is 2. The van der Waals surface area contributed by atoms with Crippen molar-refractivity contribution in [1.82, 2.24) is 9.78 Å². The number of nitrogens with zero attached hydrogens (tertiary/aromatic N) is 2. The van der Waals surface area contributed by atoms with Crippen LogP contribution >= 0.6 is 0 Å². The molecule has 2 N–H and O–H groups in total. The molecule has 1 amide bonds. The fraction of sp³-hybridized carbons (Fsp3) is 0.304. The molecule has 3 aromatic rings. The third-order valence-electron chi connectivity index (χ3n) is 5.57. The number of halogens is 3. The second-order valence-corrected chi connectivity index (χ2v) is 7.90. The molecule has 0 fully saturated rings. The molecule has 0 bridgehead atoms. The van der Waals surface area contributed by atoms with Crippen LogP contribution in [0.25, 0.3) is 0 Å². The first-order chi connectivity index (χ1) is 15.2. The average Bonchev–Trinajstić information content (AvgIpc) is 3.18. The quantitative estimate of drug-likeness (QED) is 0.564. The number of aromatic nitrogens is 2. The molecule has 0 saturated heterocycles. The van der Waals surface area contributed by atoms with E-state index in [9.17, 15) is 18.0 Å². The van der Waals surface area contributed by atoms with Crippen LogP contribution in [0.2, 0.25) is 0 Å². The van der Waals surface area contributed by atoms with Crippen LogP contribution in [0, 0.1) is 13.8 Å². The number of rotatable bonds is 4. The maximum absolute atomic E-state index is 13.9. The highest BCUT2D eigenvalue weighted by Gasteiger charge is 2.46. The van der Waals surface area contributed by atoms with Gasteiger partial charge in [-0.25, -0.2) is 4.68 Å². The van der Waals surface area contributed by atoms with Gasteiger partial charge in [-0.15, -0.1) is 0 Å². The van der Waals surface area contributed by atoms with Gasteiger partial charge in [0.2, 0.25) is 0 Å². The van der Waals surface area contributed by atoms with Gasteiger partial charge in [-0.1, -0.05) is 29.8 Å². The normalized spacial score (nSPS) is 17.9. The fourth-order valence-electron chi connectivity index (χ4n) is 3.88. The van der Waals surface area contributed by atoms with Crippen LogP contribution in [0.15, 0.2) is 48.5 Å². The van der Waals surface area contributed by atoms with Crippen molar-refractivity contribution in [3.8, 4) is 5.75 Å². The summed E-state index contributed by atoms with van der Waals surface area (Å²) in [7, 11) is 1.52. The monoisotopic (exact) mass is 444 g/mol. The number of methoxy groups -OCH3 is 1. The summed E-state index contributed by atoms with van der Waals surface area (Å²) in [6.45, 7) is 3.78. The van der Waals surface area contributed by atoms with E-state index in [0.717, 1.165) is 15.8 Å². The summed E-state index contributed by atoms with van der Waals surface area (Å²) < 4.78 is 47.6. The van der Waals surface area contributed by atoms with Crippen molar-refractivity contribution >= 4 is 17.4 Å². The van der Waals surface area contributed by atoms with Crippen molar-refractivity contribution in [3.05, 3.63) is 70.9 Å². The first-order valence-electron chi connectivity index (χ1n) is 10.1. The van der Waals surface area contributed by atoms with Crippen LogP contribution < -0.4 is 15.4 Å². The molecule has 9 heteroatoms. The number of hydrogen-bond acceptors (Lipinski definition) is 4. The van der Waals surface area contributed by atoms with E-state index < -0.39 is 24.2 Å². The lowest BCUT2D eigenvalue weighted by Crippen LogP contribution is -2.35. The molecular formula is C23H23F3N4O2. The van der Waals surface area contributed by atoms with Gasteiger partial charge in [0.25, 0.3) is 5.91 Å². The Morgan fingerprint density at radius 1 is 1.16 bits per heavy atom. The zero-order valence-electron chi connectivity index (χ0n) is 17.8. The standard InChI is InChI=1S/C23H23F3N4O2/c1-13-4-9-17(14(2)10-13)28-22(31)19-12-21-27-18(15-5-7-16(32-3)8-6-15)11-20(23(24,25)26)30(21)29-19/h4-10,12,18,20,27H,11H2,1-3H3,(H,28,31)/t18-,20+/m1/s1. The lowest BCUT2D eigenvalue weighted by molar-refractivity contribution is -0.173. The number of hydrogen-bond donors (Lipinski definition) is 2. The maximum atomic E-state index is 13.9. The second kappa shape index (κ2) is 8.22. The molecule has 0 unspecified atom stereocenters. The fourth-order valence-corrected chi connectivity index (χ4v) is 3.88. The molecule has 0 radical (unpaired) electrons. The highest BCUT2D eigenvalue weighted by molar-refractivity contribution is 6.03. The highest BCUT2D eigenvalue weighted by Crippen LogP contribution is 2.43. The van der Waals surface area contributed by atoms with E-state index in [4.69, 9.17) is 4.74 Å². The van der Waals surface area contributed by atoms with Gasteiger partial charge in [-0.3, -0.25) is 4.79 Å². The summed E-state index contributed by atoms with van der Waals surface area (Å²) in [5.74, 6) is 0.195. The average molecular weight is 444 g/mol. The Labute approximate surface area is 183 Å². The van der Waals surface area contributed by atoms with Crippen LogP contribution in [0.3, 0.4) is 0 Å². The molecule has 32 heavy (non-hydrogen) atoms. The van der Waals surface area contributed by atoms with E-state index in [0.29, 0.717) is 17.0 Å². The van der Waals surface area contributed by atoms with Crippen LogP contribution in [-0.4, -0.2) is 29.0 Å². The van der Waals surface area contributed by atoms with Crippen molar-refractivity contribution in [3.63, 3.8) is 0 Å². The zero-order valence-corrected chi connectivity index (χ0v) is 17.8. The predicted molar refractivity (Wildman–Crippen MR) is 115 cm³/mol. The number of aryl methyl sites for hydroxylation is 2. The number of carbonyl (C=O) groups excluding carboxylic acids is 1. The number of alkyl halides is 3. The molecule has 4 rings (SSSR count). The first-order valence-corrected chi connectivity index (χ1v) is 10.1. The van der Waals surface area contributed by atoms with Gasteiger partial charge in [0, 0.05) is 18.2 Å². The molecule has 0 saturated carbocycles. The molecule has 1 aromatic heterocycles. The summed E-state index contributed by atoms with van der Waals surface area (Å²) in [6.07, 6.45) is -4.77. The van der Waals surface area contributed by atoms with Gasteiger partial charge < -0.3 is 15.4 Å². The Balaban J connectivity index is 1.63. The molecule has 0 spiro atoms. The molecular weight excluding hydrogens is 421 g/mol. The van der Waals surface area contributed by atoms with E-state index in [-0.39, 0.29) is 17.9 Å². The van der Waals surface area contributed by atoms with E-state index in [1.54, 1.807) is 30.3 Å². The minimum absolute atomic E-state index is 0.0860. The number of fused-ring (bicyclic) bond motifs is 1. The lowest BCUT2D eigenvalue weighted by atomic mass is 9.97. The number of nitrogens with one attached hydrogen (secondary N) is 2. The van der Waals surface area contributed by atoms with Gasteiger partial charge >= 0.3 is 6.18 Å². The largest absolute Gasteiger partial charge is 0.497 e. The van der Waals surface area contributed by atoms with Gasteiger partial charge in [0.1, 0.15) is 11.6 Å². The van der Waals surface area contributed by atoms with E-state index in [2.05, 4.69) is 15.7 Å². The Kier molecular flexibility index (Phi) is 5.58. The van der Waals surface area contributed by atoms with Crippen LogP contribution in [0.4, 0.5) is 24.7 Å². The molecule has 2 atom stereocenters. The molecule has 6 nitrogen and oxygen atoms in total. The van der Waals surface area contributed by atoms with Gasteiger partial charge in [-0.2, -0.15) is 18.3 Å². The smallest absolute Gasteiger partial charge is 0.410 e. The topological polar surface area (TPSA) is 68.2 Å². The third kappa shape index (κ3) is 4.28. The summed E-state index contributed by atoms with van der Waals surface area (Å²) in [6, 6.07) is 11.3. The highest BCUT2D eigenvalue weighted by atomic mass is 19.4. The van der Waals surface area contributed by atoms with E-state index in [1.807, 2.05) is 26.0 Å². The zero-order chi connectivity index (χ0) is 23.0.